The molecule has 2 rings (SSSR count). The van der Waals surface area contributed by atoms with Gasteiger partial charge in [-0.3, -0.25) is 4.99 Å². The zero-order chi connectivity index (χ0) is 16.1. The summed E-state index contributed by atoms with van der Waals surface area (Å²) < 4.78 is 10.3. The molecule has 1 heterocycles. The van der Waals surface area contributed by atoms with E-state index in [1.165, 1.54) is 0 Å². The number of likely N-dealkylation sites (N-methyl/N-ethyl adjacent to an activating group) is 1. The summed E-state index contributed by atoms with van der Waals surface area (Å²) in [4.78, 5) is 18.5. The fourth-order valence-electron chi connectivity index (χ4n) is 2.05. The van der Waals surface area contributed by atoms with Crippen LogP contribution in [0.1, 0.15) is 17.3 Å². The molecule has 0 aliphatic carbocycles. The lowest BCUT2D eigenvalue weighted by atomic mass is 10.2. The van der Waals surface area contributed by atoms with Crippen molar-refractivity contribution in [2.75, 3.05) is 33.8 Å². The molecule has 0 spiro atoms. The molecular formula is C16H20N2O4. The third-order valence-corrected chi connectivity index (χ3v) is 3.10. The van der Waals surface area contributed by atoms with Crippen LogP contribution in [0.4, 0.5) is 0 Å². The Morgan fingerprint density at radius 3 is 2.77 bits per heavy atom. The van der Waals surface area contributed by atoms with Crippen LogP contribution in [0.5, 0.6) is 5.95 Å². The molecule has 6 heteroatoms. The van der Waals surface area contributed by atoms with Gasteiger partial charge >= 0.3 is 5.97 Å². The van der Waals surface area contributed by atoms with E-state index in [1.807, 2.05) is 25.1 Å². The Labute approximate surface area is 128 Å². The molecule has 6 nitrogen and oxygen atoms in total. The lowest BCUT2D eigenvalue weighted by Crippen LogP contribution is -2.16. The maximum atomic E-state index is 12.0. The molecule has 118 valence electrons. The predicted octanol–water partition coefficient (Wildman–Crippen LogP) is 1.78. The number of furan rings is 1. The van der Waals surface area contributed by atoms with E-state index < -0.39 is 11.9 Å². The van der Waals surface area contributed by atoms with Gasteiger partial charge in [-0.05, 0) is 27.1 Å². The number of esters is 1. The Hall–Kier alpha value is -2.34. The third kappa shape index (κ3) is 3.46. The van der Waals surface area contributed by atoms with E-state index in [9.17, 15) is 9.90 Å². The van der Waals surface area contributed by atoms with Crippen molar-refractivity contribution in [3.8, 4) is 5.95 Å². The van der Waals surface area contributed by atoms with Crippen LogP contribution in [-0.4, -0.2) is 49.8 Å². The van der Waals surface area contributed by atoms with Gasteiger partial charge < -0.3 is 19.2 Å². The van der Waals surface area contributed by atoms with E-state index in [2.05, 4.69) is 4.99 Å². The molecule has 0 bridgehead atoms. The van der Waals surface area contributed by atoms with Gasteiger partial charge in [-0.25, -0.2) is 4.79 Å². The summed E-state index contributed by atoms with van der Waals surface area (Å²) >= 11 is 0. The minimum atomic E-state index is -0.607. The number of aromatic hydroxyl groups is 1. The third-order valence-electron chi connectivity index (χ3n) is 3.10. The molecule has 0 unspecified atom stereocenters. The molecule has 22 heavy (non-hydrogen) atoms. The maximum absolute atomic E-state index is 12.0. The van der Waals surface area contributed by atoms with E-state index in [0.717, 1.165) is 6.54 Å². The normalized spacial score (nSPS) is 12.1. The summed E-state index contributed by atoms with van der Waals surface area (Å²) in [5.74, 6) is -1.05. The second kappa shape index (κ2) is 7.09. The molecule has 2 aromatic rings. The standard InChI is InChI=1S/C16H20N2O4/c1-4-21-15(19)13-11-7-5-6-8-12(14(11)22-16(13)20)17-9-10-18(2)3/h5-8,20H,4,9-10H2,1-3H3. The first-order valence-electron chi connectivity index (χ1n) is 7.11. The molecule has 0 amide bonds. The van der Waals surface area contributed by atoms with E-state index in [4.69, 9.17) is 9.15 Å². The minimum Gasteiger partial charge on any atom is -0.480 e. The number of ether oxygens (including phenoxy) is 1. The van der Waals surface area contributed by atoms with Gasteiger partial charge in [-0.2, -0.15) is 0 Å². The summed E-state index contributed by atoms with van der Waals surface area (Å²) in [5, 5.41) is 11.0. The maximum Gasteiger partial charge on any atom is 0.346 e. The van der Waals surface area contributed by atoms with E-state index in [-0.39, 0.29) is 12.2 Å². The largest absolute Gasteiger partial charge is 0.480 e. The predicted molar refractivity (Wildman–Crippen MR) is 82.8 cm³/mol. The van der Waals surface area contributed by atoms with Gasteiger partial charge in [0.1, 0.15) is 5.36 Å². The first-order valence-corrected chi connectivity index (χ1v) is 7.11. The molecule has 0 aliphatic heterocycles. The summed E-state index contributed by atoms with van der Waals surface area (Å²) in [6.07, 6.45) is 0. The molecule has 1 N–H and O–H groups in total. The van der Waals surface area contributed by atoms with Gasteiger partial charge in [0, 0.05) is 11.9 Å². The number of hydrogen-bond acceptors (Lipinski definition) is 6. The molecule has 0 aliphatic rings. The number of nitrogens with zero attached hydrogens (tertiary/aromatic N) is 2. The van der Waals surface area contributed by atoms with Crippen LogP contribution < -0.4 is 5.36 Å². The van der Waals surface area contributed by atoms with E-state index in [1.54, 1.807) is 25.1 Å². The zero-order valence-electron chi connectivity index (χ0n) is 13.0. The van der Waals surface area contributed by atoms with E-state index in [0.29, 0.717) is 22.9 Å². The fraction of sp³-hybridized carbons (Fsp3) is 0.375. The van der Waals surface area contributed by atoms with Crippen LogP contribution in [0.2, 0.25) is 0 Å². The van der Waals surface area contributed by atoms with Crippen molar-refractivity contribution in [1.29, 1.82) is 0 Å². The van der Waals surface area contributed by atoms with Gasteiger partial charge in [-0.1, -0.05) is 18.2 Å². The van der Waals surface area contributed by atoms with Crippen molar-refractivity contribution in [1.82, 2.24) is 4.90 Å². The highest BCUT2D eigenvalue weighted by atomic mass is 16.5. The van der Waals surface area contributed by atoms with Gasteiger partial charge in [0.05, 0.1) is 13.2 Å². The van der Waals surface area contributed by atoms with Gasteiger partial charge in [0.15, 0.2) is 11.1 Å². The Kier molecular flexibility index (Phi) is 5.16. The fourth-order valence-corrected chi connectivity index (χ4v) is 2.05. The highest BCUT2D eigenvalue weighted by molar-refractivity contribution is 6.05. The number of fused-ring (bicyclic) bond motifs is 1. The molecule has 0 radical (unpaired) electrons. The van der Waals surface area contributed by atoms with Crippen molar-refractivity contribution in [2.24, 2.45) is 4.99 Å². The number of carbonyl (C=O) groups excluding carboxylic acids is 1. The Morgan fingerprint density at radius 2 is 2.09 bits per heavy atom. The van der Waals surface area contributed by atoms with Crippen LogP contribution in [0.15, 0.2) is 33.7 Å². The Balaban J connectivity index is 2.57. The molecule has 0 atom stereocenters. The second-order valence-electron chi connectivity index (χ2n) is 5.03. The van der Waals surface area contributed by atoms with E-state index >= 15 is 0 Å². The number of rotatable bonds is 5. The Morgan fingerprint density at radius 1 is 1.36 bits per heavy atom. The van der Waals surface area contributed by atoms with Crippen molar-refractivity contribution in [3.05, 3.63) is 35.2 Å². The van der Waals surface area contributed by atoms with Gasteiger partial charge in [-0.15, -0.1) is 0 Å². The first-order chi connectivity index (χ1) is 10.5. The Bertz CT molecular complexity index is 734. The number of hydrogen-bond donors (Lipinski definition) is 1. The summed E-state index contributed by atoms with van der Waals surface area (Å²) in [6, 6.07) is 7.08. The molecule has 0 saturated heterocycles. The van der Waals surface area contributed by atoms with Gasteiger partial charge in [0.25, 0.3) is 5.95 Å². The second-order valence-corrected chi connectivity index (χ2v) is 5.03. The molecule has 0 fully saturated rings. The van der Waals surface area contributed by atoms with Crippen LogP contribution >= 0.6 is 0 Å². The lowest BCUT2D eigenvalue weighted by Gasteiger charge is -2.04. The SMILES string of the molecule is CCOC(=O)c1c(O)oc2c(=NCCN(C)C)ccccc12. The summed E-state index contributed by atoms with van der Waals surface area (Å²) in [6.45, 7) is 3.31. The van der Waals surface area contributed by atoms with Crippen LogP contribution in [0, 0.1) is 0 Å². The number of carbonyl (C=O) groups is 1. The summed E-state index contributed by atoms with van der Waals surface area (Å²) in [7, 11) is 3.93. The average molecular weight is 304 g/mol. The van der Waals surface area contributed by atoms with Crippen molar-refractivity contribution < 1.29 is 19.1 Å². The average Bonchev–Trinajstić information content (AvgIpc) is 2.66. The van der Waals surface area contributed by atoms with Crippen molar-refractivity contribution in [2.45, 2.75) is 6.92 Å². The molecular weight excluding hydrogens is 284 g/mol. The van der Waals surface area contributed by atoms with Gasteiger partial charge in [0.2, 0.25) is 0 Å². The van der Waals surface area contributed by atoms with Crippen LogP contribution in [-0.2, 0) is 4.74 Å². The minimum absolute atomic E-state index is 0.0390. The first kappa shape index (κ1) is 16.0. The van der Waals surface area contributed by atoms with Crippen molar-refractivity contribution in [3.63, 3.8) is 0 Å². The molecule has 1 aromatic heterocycles. The molecule has 1 aromatic carbocycles. The lowest BCUT2D eigenvalue weighted by molar-refractivity contribution is 0.0522. The monoisotopic (exact) mass is 304 g/mol. The smallest absolute Gasteiger partial charge is 0.346 e. The topological polar surface area (TPSA) is 75.3 Å². The summed E-state index contributed by atoms with van der Waals surface area (Å²) in [5.41, 5.74) is 0.418. The quantitative estimate of drug-likeness (QED) is 0.852. The highest BCUT2D eigenvalue weighted by Gasteiger charge is 2.21. The van der Waals surface area contributed by atoms with Crippen LogP contribution in [0.3, 0.4) is 0 Å². The zero-order valence-corrected chi connectivity index (χ0v) is 13.0. The van der Waals surface area contributed by atoms with Crippen LogP contribution in [0.25, 0.3) is 11.0 Å². The molecule has 0 saturated carbocycles. The van der Waals surface area contributed by atoms with Crippen molar-refractivity contribution >= 4 is 16.9 Å². The highest BCUT2D eigenvalue weighted by Crippen LogP contribution is 2.29.